The predicted molar refractivity (Wildman–Crippen MR) is 119 cm³/mol. The van der Waals surface area contributed by atoms with Gasteiger partial charge in [0.25, 0.3) is 0 Å². The molecule has 0 aliphatic rings. The molecule has 0 aliphatic heterocycles. The van der Waals surface area contributed by atoms with Crippen molar-refractivity contribution in [2.45, 2.75) is 13.0 Å². The van der Waals surface area contributed by atoms with Gasteiger partial charge in [-0.05, 0) is 36.4 Å². The van der Waals surface area contributed by atoms with Gasteiger partial charge < -0.3 is 25.8 Å². The van der Waals surface area contributed by atoms with E-state index in [9.17, 15) is 18.7 Å². The Morgan fingerprint density at radius 3 is 2.66 bits per heavy atom. The Labute approximate surface area is 184 Å². The molecular formula is C23H24F2N4O3. The Hall–Kier alpha value is -3.72. The molecule has 1 heterocycles. The topological polar surface area (TPSA) is 101 Å². The van der Waals surface area contributed by atoms with E-state index in [4.69, 9.17) is 10.5 Å². The number of amides is 1. The molecule has 4 N–H and O–H groups in total. The summed E-state index contributed by atoms with van der Waals surface area (Å²) >= 11 is 0. The van der Waals surface area contributed by atoms with E-state index in [1.165, 1.54) is 30.2 Å². The number of methoxy groups -OCH3 is 1. The Morgan fingerprint density at radius 2 is 1.97 bits per heavy atom. The second kappa shape index (κ2) is 10.1. The van der Waals surface area contributed by atoms with Crippen LogP contribution in [0.1, 0.15) is 12.0 Å². The molecule has 1 amide bonds. The minimum atomic E-state index is -0.707. The zero-order valence-corrected chi connectivity index (χ0v) is 17.7. The molecule has 168 valence electrons. The minimum Gasteiger partial charge on any atom is -0.507 e. The molecule has 0 spiro atoms. The summed E-state index contributed by atoms with van der Waals surface area (Å²) in [6.45, 7) is 0.532. The molecule has 0 atom stereocenters. The molecule has 2 aromatic carbocycles. The monoisotopic (exact) mass is 442 g/mol. The van der Waals surface area contributed by atoms with Gasteiger partial charge in [0.1, 0.15) is 23.2 Å². The number of pyridine rings is 1. The van der Waals surface area contributed by atoms with E-state index in [1.54, 1.807) is 31.3 Å². The zero-order valence-electron chi connectivity index (χ0n) is 17.7. The highest BCUT2D eigenvalue weighted by atomic mass is 19.1. The summed E-state index contributed by atoms with van der Waals surface area (Å²) < 4.78 is 32.3. The molecule has 0 aliphatic carbocycles. The van der Waals surface area contributed by atoms with Crippen molar-refractivity contribution in [1.82, 2.24) is 10.3 Å². The fourth-order valence-corrected chi connectivity index (χ4v) is 3.11. The standard InChI is InChI=1S/C23H24F2N4O3/c1-29(20-7-4-15(24)11-18(20)25)16-5-8-21(30)17(12-16)19-6-3-14(23(26)28-19)13-27-22(31)9-10-32-2/h3-8,11-12,30H,9-10,13H2,1-2H3,(H2,26,28)(H,27,31). The molecule has 0 unspecified atom stereocenters. The molecule has 7 nitrogen and oxygen atoms in total. The summed E-state index contributed by atoms with van der Waals surface area (Å²) in [5.41, 5.74) is 8.20. The lowest BCUT2D eigenvalue weighted by Gasteiger charge is -2.21. The van der Waals surface area contributed by atoms with Crippen molar-refractivity contribution < 1.29 is 23.4 Å². The molecule has 32 heavy (non-hydrogen) atoms. The maximum Gasteiger partial charge on any atom is 0.222 e. The number of halogens is 2. The number of nitrogens with zero attached hydrogens (tertiary/aromatic N) is 2. The van der Waals surface area contributed by atoms with E-state index in [2.05, 4.69) is 10.3 Å². The van der Waals surface area contributed by atoms with E-state index >= 15 is 0 Å². The van der Waals surface area contributed by atoms with Gasteiger partial charge in [-0.1, -0.05) is 6.07 Å². The van der Waals surface area contributed by atoms with Crippen molar-refractivity contribution in [2.75, 3.05) is 31.4 Å². The second-order valence-corrected chi connectivity index (χ2v) is 7.12. The van der Waals surface area contributed by atoms with E-state index < -0.39 is 11.6 Å². The third-order valence-electron chi connectivity index (χ3n) is 4.94. The highest BCUT2D eigenvalue weighted by Crippen LogP contribution is 2.35. The van der Waals surface area contributed by atoms with Crippen molar-refractivity contribution in [3.63, 3.8) is 0 Å². The van der Waals surface area contributed by atoms with Crippen LogP contribution in [0.25, 0.3) is 11.3 Å². The Morgan fingerprint density at radius 1 is 1.19 bits per heavy atom. The molecule has 0 saturated carbocycles. The molecule has 0 radical (unpaired) electrons. The number of benzene rings is 2. The highest BCUT2D eigenvalue weighted by molar-refractivity contribution is 5.77. The fourth-order valence-electron chi connectivity index (χ4n) is 3.11. The van der Waals surface area contributed by atoms with Crippen LogP contribution in [0.4, 0.5) is 26.0 Å². The van der Waals surface area contributed by atoms with Gasteiger partial charge in [-0.15, -0.1) is 0 Å². The van der Waals surface area contributed by atoms with Gasteiger partial charge in [0, 0.05) is 50.0 Å². The first-order chi connectivity index (χ1) is 15.3. The lowest BCUT2D eigenvalue weighted by atomic mass is 10.1. The van der Waals surface area contributed by atoms with Gasteiger partial charge in [0.2, 0.25) is 5.91 Å². The van der Waals surface area contributed by atoms with Crippen LogP contribution in [-0.4, -0.2) is 36.8 Å². The summed E-state index contributed by atoms with van der Waals surface area (Å²) in [5.74, 6) is -1.37. The first kappa shape index (κ1) is 23.0. The number of hydrogen-bond acceptors (Lipinski definition) is 6. The maximum atomic E-state index is 14.2. The van der Waals surface area contributed by atoms with Crippen LogP contribution in [0.2, 0.25) is 0 Å². The number of nitrogen functional groups attached to an aromatic ring is 1. The first-order valence-electron chi connectivity index (χ1n) is 9.83. The maximum absolute atomic E-state index is 14.2. The average Bonchev–Trinajstić information content (AvgIpc) is 2.76. The SMILES string of the molecule is COCCC(=O)NCc1ccc(-c2cc(N(C)c3ccc(F)cc3F)ccc2O)nc1N. The van der Waals surface area contributed by atoms with E-state index in [0.29, 0.717) is 29.1 Å². The normalized spacial score (nSPS) is 10.8. The van der Waals surface area contributed by atoms with Crippen molar-refractivity contribution in [3.05, 3.63) is 65.7 Å². The zero-order chi connectivity index (χ0) is 23.3. The van der Waals surface area contributed by atoms with Crippen LogP contribution < -0.4 is 16.0 Å². The van der Waals surface area contributed by atoms with Crippen molar-refractivity contribution in [3.8, 4) is 17.0 Å². The number of phenolic OH excluding ortho intramolecular Hbond substituents is 1. The quantitative estimate of drug-likeness (QED) is 0.492. The van der Waals surface area contributed by atoms with Crippen molar-refractivity contribution >= 4 is 23.1 Å². The van der Waals surface area contributed by atoms with Gasteiger partial charge in [-0.25, -0.2) is 13.8 Å². The summed E-state index contributed by atoms with van der Waals surface area (Å²) in [4.78, 5) is 17.6. The molecule has 0 fully saturated rings. The molecule has 0 bridgehead atoms. The van der Waals surface area contributed by atoms with Crippen LogP contribution in [0, 0.1) is 11.6 Å². The number of anilines is 3. The average molecular weight is 442 g/mol. The van der Waals surface area contributed by atoms with Crippen LogP contribution in [-0.2, 0) is 16.1 Å². The third kappa shape index (κ3) is 5.30. The number of rotatable bonds is 8. The highest BCUT2D eigenvalue weighted by Gasteiger charge is 2.15. The smallest absolute Gasteiger partial charge is 0.222 e. The number of carbonyl (C=O) groups excluding carboxylic acids is 1. The summed E-state index contributed by atoms with van der Waals surface area (Å²) in [7, 11) is 3.15. The Bertz CT molecular complexity index is 1120. The summed E-state index contributed by atoms with van der Waals surface area (Å²) in [6, 6.07) is 11.4. The summed E-state index contributed by atoms with van der Waals surface area (Å²) in [5, 5.41) is 13.1. The van der Waals surface area contributed by atoms with Gasteiger partial charge in [0.05, 0.1) is 18.0 Å². The molecule has 9 heteroatoms. The number of nitrogens with two attached hydrogens (primary N) is 1. The number of nitrogens with one attached hydrogen (secondary N) is 1. The van der Waals surface area contributed by atoms with Crippen LogP contribution in [0.3, 0.4) is 0 Å². The molecule has 3 rings (SSSR count). The molecular weight excluding hydrogens is 418 g/mol. The molecule has 1 aromatic heterocycles. The number of phenols is 1. The van der Waals surface area contributed by atoms with Crippen LogP contribution >= 0.6 is 0 Å². The van der Waals surface area contributed by atoms with Crippen molar-refractivity contribution in [1.29, 1.82) is 0 Å². The van der Waals surface area contributed by atoms with Gasteiger partial charge >= 0.3 is 0 Å². The third-order valence-corrected chi connectivity index (χ3v) is 4.94. The van der Waals surface area contributed by atoms with Gasteiger partial charge in [-0.2, -0.15) is 0 Å². The molecule has 0 saturated heterocycles. The fraction of sp³-hybridized carbons (Fsp3) is 0.217. The number of aromatic nitrogens is 1. The number of hydrogen-bond donors (Lipinski definition) is 3. The Kier molecular flexibility index (Phi) is 7.21. The lowest BCUT2D eigenvalue weighted by Crippen LogP contribution is -2.24. The largest absolute Gasteiger partial charge is 0.507 e. The first-order valence-corrected chi connectivity index (χ1v) is 9.83. The van der Waals surface area contributed by atoms with Crippen molar-refractivity contribution in [2.24, 2.45) is 0 Å². The number of aromatic hydroxyl groups is 1. The van der Waals surface area contributed by atoms with Gasteiger partial charge in [-0.3, -0.25) is 4.79 Å². The lowest BCUT2D eigenvalue weighted by molar-refractivity contribution is -0.122. The Balaban J connectivity index is 1.83. The van der Waals surface area contributed by atoms with Gasteiger partial charge in [0.15, 0.2) is 0 Å². The van der Waals surface area contributed by atoms with Crippen LogP contribution in [0.15, 0.2) is 48.5 Å². The number of carbonyl (C=O) groups is 1. The predicted octanol–water partition coefficient (Wildman–Crippen LogP) is 3.74. The van der Waals surface area contributed by atoms with E-state index in [1.807, 2.05) is 0 Å². The minimum absolute atomic E-state index is 0.0331. The van der Waals surface area contributed by atoms with Crippen LogP contribution in [0.5, 0.6) is 5.75 Å². The van der Waals surface area contributed by atoms with E-state index in [-0.39, 0.29) is 36.1 Å². The molecule has 3 aromatic rings. The summed E-state index contributed by atoms with van der Waals surface area (Å²) in [6.07, 6.45) is 0.241. The number of ether oxygens (including phenoxy) is 1. The van der Waals surface area contributed by atoms with E-state index in [0.717, 1.165) is 6.07 Å². The second-order valence-electron chi connectivity index (χ2n) is 7.12.